The molecule has 0 saturated carbocycles. The Morgan fingerprint density at radius 2 is 2.26 bits per heavy atom. The number of halogens is 2. The molecule has 1 heterocycles. The Morgan fingerprint density at radius 1 is 1.53 bits per heavy atom. The molecule has 4 heteroatoms. The maximum absolute atomic E-state index is 13.3. The topological polar surface area (TPSA) is 29.5 Å². The molecule has 0 amide bonds. The maximum Gasteiger partial charge on any atom is 0.123 e. The fourth-order valence-corrected chi connectivity index (χ4v) is 2.74. The molecular weight excluding hydrogens is 267 g/mol. The molecule has 1 N–H and O–H groups in total. The van der Waals surface area contributed by atoms with Gasteiger partial charge in [0.05, 0.1) is 11.7 Å². The van der Waals surface area contributed by atoms with Crippen molar-refractivity contribution in [3.63, 3.8) is 0 Å². The van der Waals surface area contributed by atoms with Crippen LogP contribution < -0.4 is 0 Å². The van der Waals surface area contributed by atoms with E-state index in [4.69, 9.17) is 16.3 Å². The lowest BCUT2D eigenvalue weighted by Crippen LogP contribution is -2.44. The lowest BCUT2D eigenvalue weighted by atomic mass is 9.82. The molecule has 2 nitrogen and oxygen atoms in total. The smallest absolute Gasteiger partial charge is 0.123 e. The summed E-state index contributed by atoms with van der Waals surface area (Å²) in [5.41, 5.74) is -0.196. The number of hydrogen-bond donors (Lipinski definition) is 1. The van der Waals surface area contributed by atoms with Gasteiger partial charge in [0.15, 0.2) is 0 Å². The van der Waals surface area contributed by atoms with Crippen LogP contribution in [-0.2, 0) is 11.2 Å². The summed E-state index contributed by atoms with van der Waals surface area (Å²) in [6.45, 7) is 4.68. The highest BCUT2D eigenvalue weighted by molar-refractivity contribution is 6.31. The van der Waals surface area contributed by atoms with Crippen molar-refractivity contribution >= 4 is 11.6 Å². The summed E-state index contributed by atoms with van der Waals surface area (Å²) in [5, 5.41) is 11.2. The van der Waals surface area contributed by atoms with Gasteiger partial charge in [-0.05, 0) is 36.1 Å². The van der Waals surface area contributed by atoms with Gasteiger partial charge in [-0.2, -0.15) is 0 Å². The Kier molecular flexibility index (Phi) is 4.49. The summed E-state index contributed by atoms with van der Waals surface area (Å²) in [7, 11) is 0. The minimum absolute atomic E-state index is 0.0473. The van der Waals surface area contributed by atoms with Crippen molar-refractivity contribution in [3.8, 4) is 0 Å². The quantitative estimate of drug-likeness (QED) is 0.920. The highest BCUT2D eigenvalue weighted by Crippen LogP contribution is 2.33. The zero-order chi connectivity index (χ0) is 14.0. The van der Waals surface area contributed by atoms with E-state index in [9.17, 15) is 9.50 Å². The van der Waals surface area contributed by atoms with E-state index in [2.05, 4.69) is 13.8 Å². The van der Waals surface area contributed by atoms with Crippen LogP contribution in [0.3, 0.4) is 0 Å². The first kappa shape index (κ1) is 14.8. The zero-order valence-corrected chi connectivity index (χ0v) is 12.1. The summed E-state index contributed by atoms with van der Waals surface area (Å²) in [5.74, 6) is 0.0327. The second-order valence-electron chi connectivity index (χ2n) is 5.74. The van der Waals surface area contributed by atoms with Crippen molar-refractivity contribution in [2.75, 3.05) is 6.61 Å². The Labute approximate surface area is 118 Å². The van der Waals surface area contributed by atoms with Crippen molar-refractivity contribution in [1.82, 2.24) is 0 Å². The third kappa shape index (κ3) is 3.68. The van der Waals surface area contributed by atoms with Gasteiger partial charge in [0.1, 0.15) is 5.82 Å². The predicted molar refractivity (Wildman–Crippen MR) is 73.9 cm³/mol. The molecule has 0 aromatic heterocycles. The molecule has 1 aliphatic rings. The van der Waals surface area contributed by atoms with E-state index in [-0.39, 0.29) is 11.9 Å². The number of hydrogen-bond acceptors (Lipinski definition) is 2. The van der Waals surface area contributed by atoms with Gasteiger partial charge in [-0.15, -0.1) is 0 Å². The van der Waals surface area contributed by atoms with Gasteiger partial charge in [-0.1, -0.05) is 25.4 Å². The van der Waals surface area contributed by atoms with Gasteiger partial charge in [-0.25, -0.2) is 4.39 Å². The number of ether oxygens (including phenoxy) is 1. The lowest BCUT2D eigenvalue weighted by molar-refractivity contribution is -0.116. The molecule has 0 radical (unpaired) electrons. The minimum Gasteiger partial charge on any atom is -0.389 e. The lowest BCUT2D eigenvalue weighted by Gasteiger charge is -2.38. The maximum atomic E-state index is 13.3. The van der Waals surface area contributed by atoms with Crippen LogP contribution in [0.5, 0.6) is 0 Å². The summed E-state index contributed by atoms with van der Waals surface area (Å²) in [6, 6.07) is 4.27. The van der Waals surface area contributed by atoms with Gasteiger partial charge >= 0.3 is 0 Å². The van der Waals surface area contributed by atoms with E-state index in [1.807, 2.05) is 0 Å². The average molecular weight is 287 g/mol. The van der Waals surface area contributed by atoms with Crippen LogP contribution in [0.15, 0.2) is 18.2 Å². The van der Waals surface area contributed by atoms with E-state index in [1.165, 1.54) is 18.2 Å². The van der Waals surface area contributed by atoms with Crippen molar-refractivity contribution in [3.05, 3.63) is 34.6 Å². The van der Waals surface area contributed by atoms with Crippen LogP contribution in [0.1, 0.15) is 32.3 Å². The van der Waals surface area contributed by atoms with E-state index < -0.39 is 5.60 Å². The first-order valence-corrected chi connectivity index (χ1v) is 7.05. The van der Waals surface area contributed by atoms with Gasteiger partial charge in [0.2, 0.25) is 0 Å². The standard InChI is InChI=1S/C15H20ClFO2/c1-10(2)14-9-15(18,5-6-19-14)8-11-7-12(17)3-4-13(11)16/h3-4,7,10,14,18H,5-6,8-9H2,1-2H3. The molecule has 2 unspecified atom stereocenters. The van der Waals surface area contributed by atoms with Crippen LogP contribution >= 0.6 is 11.6 Å². The Bertz CT molecular complexity index is 450. The summed E-state index contributed by atoms with van der Waals surface area (Å²) in [4.78, 5) is 0. The number of benzene rings is 1. The van der Waals surface area contributed by atoms with Gasteiger partial charge in [-0.3, -0.25) is 0 Å². The average Bonchev–Trinajstić information content (AvgIpc) is 2.33. The van der Waals surface area contributed by atoms with Crippen LogP contribution in [-0.4, -0.2) is 23.4 Å². The van der Waals surface area contributed by atoms with Gasteiger partial charge in [0, 0.05) is 24.5 Å². The summed E-state index contributed by atoms with van der Waals surface area (Å²) < 4.78 is 18.9. The van der Waals surface area contributed by atoms with Gasteiger partial charge in [0.25, 0.3) is 0 Å². The fourth-order valence-electron chi connectivity index (χ4n) is 2.56. The third-order valence-electron chi connectivity index (χ3n) is 3.75. The van der Waals surface area contributed by atoms with Gasteiger partial charge < -0.3 is 9.84 Å². The summed E-state index contributed by atoms with van der Waals surface area (Å²) in [6.07, 6.45) is 1.54. The molecule has 0 bridgehead atoms. The second-order valence-corrected chi connectivity index (χ2v) is 6.15. The van der Waals surface area contributed by atoms with Crippen molar-refractivity contribution in [2.45, 2.75) is 44.8 Å². The van der Waals surface area contributed by atoms with E-state index in [0.717, 1.165) is 0 Å². The molecule has 0 aliphatic carbocycles. The van der Waals surface area contributed by atoms with Crippen molar-refractivity contribution in [2.24, 2.45) is 5.92 Å². The van der Waals surface area contributed by atoms with E-state index in [0.29, 0.717) is 42.4 Å². The molecule has 1 saturated heterocycles. The molecule has 1 aliphatic heterocycles. The summed E-state index contributed by atoms with van der Waals surface area (Å²) >= 11 is 6.07. The van der Waals surface area contributed by atoms with E-state index >= 15 is 0 Å². The monoisotopic (exact) mass is 286 g/mol. The number of aliphatic hydroxyl groups is 1. The molecule has 2 atom stereocenters. The largest absolute Gasteiger partial charge is 0.389 e. The normalized spacial score (nSPS) is 27.8. The first-order chi connectivity index (χ1) is 8.89. The molecule has 19 heavy (non-hydrogen) atoms. The van der Waals surface area contributed by atoms with Crippen LogP contribution in [0.4, 0.5) is 4.39 Å². The molecule has 0 spiro atoms. The fraction of sp³-hybridized carbons (Fsp3) is 0.600. The van der Waals surface area contributed by atoms with Crippen LogP contribution in [0.2, 0.25) is 5.02 Å². The zero-order valence-electron chi connectivity index (χ0n) is 11.3. The molecule has 1 aromatic carbocycles. The highest BCUT2D eigenvalue weighted by atomic mass is 35.5. The van der Waals surface area contributed by atoms with Crippen molar-refractivity contribution < 1.29 is 14.2 Å². The van der Waals surface area contributed by atoms with Crippen molar-refractivity contribution in [1.29, 1.82) is 0 Å². The first-order valence-electron chi connectivity index (χ1n) is 6.67. The van der Waals surface area contributed by atoms with E-state index in [1.54, 1.807) is 0 Å². The Hall–Kier alpha value is -0.640. The van der Waals surface area contributed by atoms with Crippen LogP contribution in [0.25, 0.3) is 0 Å². The molecule has 106 valence electrons. The second kappa shape index (κ2) is 5.78. The molecular formula is C15H20ClFO2. The Morgan fingerprint density at radius 3 is 2.95 bits per heavy atom. The SMILES string of the molecule is CC(C)C1CC(O)(Cc2cc(F)ccc2Cl)CCO1. The predicted octanol–water partition coefficient (Wildman–Crippen LogP) is 3.59. The Balaban J connectivity index is 2.14. The molecule has 1 fully saturated rings. The highest BCUT2D eigenvalue weighted by Gasteiger charge is 2.36. The number of rotatable bonds is 3. The molecule has 1 aromatic rings. The minimum atomic E-state index is -0.857. The molecule has 2 rings (SSSR count). The third-order valence-corrected chi connectivity index (χ3v) is 4.12. The van der Waals surface area contributed by atoms with Crippen LogP contribution in [0, 0.1) is 11.7 Å².